The van der Waals surface area contributed by atoms with Crippen molar-refractivity contribution < 1.29 is 0 Å². The molecule has 0 aromatic rings. The van der Waals surface area contributed by atoms with Crippen molar-refractivity contribution in [1.29, 1.82) is 0 Å². The molecule has 0 aromatic carbocycles. The largest absolute Gasteiger partial charge is 0.320 e. The lowest BCUT2D eigenvalue weighted by molar-refractivity contribution is 0.321. The highest BCUT2D eigenvalue weighted by Crippen LogP contribution is 2.17. The Balaban J connectivity index is 3.42. The Morgan fingerprint density at radius 2 is 1.70 bits per heavy atom. The van der Waals surface area contributed by atoms with Gasteiger partial charge in [0.15, 0.2) is 0 Å². The van der Waals surface area contributed by atoms with E-state index in [0.29, 0.717) is 5.41 Å². The third-order valence-electron chi connectivity index (χ3n) is 1.71. The molecule has 0 radical (unpaired) electrons. The Bertz CT molecular complexity index is 79.3. The van der Waals surface area contributed by atoms with Crippen molar-refractivity contribution in [3.05, 3.63) is 0 Å². The lowest BCUT2D eigenvalue weighted by Gasteiger charge is -2.23. The second-order valence-electron chi connectivity index (χ2n) is 3.55. The molecule has 2 N–H and O–H groups in total. The average molecular weight is 144 g/mol. The van der Waals surface area contributed by atoms with Gasteiger partial charge in [0.2, 0.25) is 0 Å². The first-order valence-electron chi connectivity index (χ1n) is 3.91. The van der Waals surface area contributed by atoms with E-state index in [9.17, 15) is 0 Å². The third kappa shape index (κ3) is 4.77. The average Bonchev–Trinajstić information content (AvgIpc) is 1.84. The van der Waals surface area contributed by atoms with Gasteiger partial charge in [-0.3, -0.25) is 0 Å². The summed E-state index contributed by atoms with van der Waals surface area (Å²) in [5.74, 6) is 0. The molecule has 0 unspecified atom stereocenters. The van der Waals surface area contributed by atoms with Crippen molar-refractivity contribution in [2.75, 3.05) is 27.2 Å². The van der Waals surface area contributed by atoms with Crippen LogP contribution in [0.15, 0.2) is 0 Å². The molecule has 0 bridgehead atoms. The summed E-state index contributed by atoms with van der Waals surface area (Å²) < 4.78 is 0. The highest BCUT2D eigenvalue weighted by atomic mass is 14.8. The molecular weight excluding hydrogens is 124 g/mol. The van der Waals surface area contributed by atoms with Crippen molar-refractivity contribution in [3.63, 3.8) is 0 Å². The van der Waals surface area contributed by atoms with Crippen LogP contribution in [0.3, 0.4) is 0 Å². The second-order valence-corrected chi connectivity index (χ2v) is 3.55. The molecule has 0 aromatic heterocycles. The summed E-state index contributed by atoms with van der Waals surface area (Å²) in [6.07, 6.45) is 1.23. The lowest BCUT2D eigenvalue weighted by Crippen LogP contribution is -2.29. The SMILES string of the molecule is CNCCC(C)(C)CNC. The fourth-order valence-corrected chi connectivity index (χ4v) is 1.03. The predicted molar refractivity (Wildman–Crippen MR) is 46.3 cm³/mol. The number of rotatable bonds is 5. The van der Waals surface area contributed by atoms with E-state index in [0.717, 1.165) is 13.1 Å². The molecule has 0 aliphatic carbocycles. The quantitative estimate of drug-likeness (QED) is 0.597. The molecule has 0 aliphatic rings. The van der Waals surface area contributed by atoms with Crippen LogP contribution in [-0.2, 0) is 0 Å². The maximum Gasteiger partial charge on any atom is -0.00000117 e. The summed E-state index contributed by atoms with van der Waals surface area (Å²) in [7, 11) is 4.00. The van der Waals surface area contributed by atoms with Crippen LogP contribution in [0.1, 0.15) is 20.3 Å². The zero-order valence-electron chi connectivity index (χ0n) is 7.62. The minimum atomic E-state index is 0.428. The van der Waals surface area contributed by atoms with Gasteiger partial charge in [-0.25, -0.2) is 0 Å². The van der Waals surface area contributed by atoms with Gasteiger partial charge in [-0.2, -0.15) is 0 Å². The van der Waals surface area contributed by atoms with Crippen molar-refractivity contribution in [2.45, 2.75) is 20.3 Å². The Morgan fingerprint density at radius 3 is 2.10 bits per heavy atom. The fourth-order valence-electron chi connectivity index (χ4n) is 1.03. The van der Waals surface area contributed by atoms with E-state index in [1.54, 1.807) is 0 Å². The maximum absolute atomic E-state index is 3.19. The van der Waals surface area contributed by atoms with Crippen LogP contribution in [0.2, 0.25) is 0 Å². The molecule has 2 nitrogen and oxygen atoms in total. The molecule has 0 atom stereocenters. The summed E-state index contributed by atoms with van der Waals surface area (Å²) in [6, 6.07) is 0. The van der Waals surface area contributed by atoms with Crippen molar-refractivity contribution in [2.24, 2.45) is 5.41 Å². The molecule has 10 heavy (non-hydrogen) atoms. The van der Waals surface area contributed by atoms with Gasteiger partial charge in [-0.15, -0.1) is 0 Å². The molecule has 0 rings (SSSR count). The van der Waals surface area contributed by atoms with Gasteiger partial charge in [0.25, 0.3) is 0 Å². The van der Waals surface area contributed by atoms with E-state index in [1.165, 1.54) is 6.42 Å². The summed E-state index contributed by atoms with van der Waals surface area (Å²) >= 11 is 0. The topological polar surface area (TPSA) is 24.1 Å². The fraction of sp³-hybridized carbons (Fsp3) is 1.00. The Labute approximate surface area is 64.4 Å². The molecule has 62 valence electrons. The third-order valence-corrected chi connectivity index (χ3v) is 1.71. The second kappa shape index (κ2) is 4.69. The van der Waals surface area contributed by atoms with Crippen LogP contribution in [-0.4, -0.2) is 27.2 Å². The molecule has 0 aliphatic heterocycles. The summed E-state index contributed by atoms with van der Waals surface area (Å²) in [4.78, 5) is 0. The zero-order valence-corrected chi connectivity index (χ0v) is 7.62. The van der Waals surface area contributed by atoms with Gasteiger partial charge in [0, 0.05) is 0 Å². The molecule has 0 amide bonds. The normalized spacial score (nSPS) is 12.0. The standard InChI is InChI=1S/C8H20N2/c1-8(2,7-10-4)5-6-9-3/h9-10H,5-7H2,1-4H3. The first-order chi connectivity index (χ1) is 4.62. The Hall–Kier alpha value is -0.0800. The van der Waals surface area contributed by atoms with Crippen LogP contribution in [0, 0.1) is 5.41 Å². The molecule has 0 saturated heterocycles. The van der Waals surface area contributed by atoms with Gasteiger partial charge in [0.1, 0.15) is 0 Å². The van der Waals surface area contributed by atoms with Gasteiger partial charge >= 0.3 is 0 Å². The van der Waals surface area contributed by atoms with E-state index in [1.807, 2.05) is 14.1 Å². The summed E-state index contributed by atoms with van der Waals surface area (Å²) in [6.45, 7) is 6.76. The summed E-state index contributed by atoms with van der Waals surface area (Å²) in [5, 5.41) is 6.34. The molecule has 0 fully saturated rings. The molecule has 0 spiro atoms. The highest BCUT2D eigenvalue weighted by Gasteiger charge is 2.14. The van der Waals surface area contributed by atoms with Crippen LogP contribution in [0.25, 0.3) is 0 Å². The number of hydrogen-bond acceptors (Lipinski definition) is 2. The van der Waals surface area contributed by atoms with E-state index in [4.69, 9.17) is 0 Å². The highest BCUT2D eigenvalue weighted by molar-refractivity contribution is 4.70. The first kappa shape index (κ1) is 9.92. The summed E-state index contributed by atoms with van der Waals surface area (Å²) in [5.41, 5.74) is 0.428. The predicted octanol–water partition coefficient (Wildman–Crippen LogP) is 0.841. The lowest BCUT2D eigenvalue weighted by atomic mass is 9.89. The zero-order chi connectivity index (χ0) is 8.04. The van der Waals surface area contributed by atoms with E-state index < -0.39 is 0 Å². The van der Waals surface area contributed by atoms with Gasteiger partial charge in [-0.05, 0) is 39.0 Å². The number of hydrogen-bond donors (Lipinski definition) is 2. The van der Waals surface area contributed by atoms with Crippen molar-refractivity contribution in [1.82, 2.24) is 10.6 Å². The Morgan fingerprint density at radius 1 is 1.10 bits per heavy atom. The van der Waals surface area contributed by atoms with Crippen LogP contribution in [0.4, 0.5) is 0 Å². The van der Waals surface area contributed by atoms with Crippen LogP contribution >= 0.6 is 0 Å². The first-order valence-corrected chi connectivity index (χ1v) is 3.91. The smallest absolute Gasteiger partial charge is 0.00000117 e. The molecule has 0 saturated carbocycles. The molecular formula is C8H20N2. The van der Waals surface area contributed by atoms with E-state index >= 15 is 0 Å². The van der Waals surface area contributed by atoms with Crippen LogP contribution < -0.4 is 10.6 Å². The Kier molecular flexibility index (Phi) is 4.65. The minimum Gasteiger partial charge on any atom is -0.320 e. The minimum absolute atomic E-state index is 0.428. The van der Waals surface area contributed by atoms with Crippen molar-refractivity contribution in [3.8, 4) is 0 Å². The van der Waals surface area contributed by atoms with Gasteiger partial charge in [0.05, 0.1) is 0 Å². The molecule has 0 heterocycles. The van der Waals surface area contributed by atoms with E-state index in [-0.39, 0.29) is 0 Å². The van der Waals surface area contributed by atoms with Crippen LogP contribution in [0.5, 0.6) is 0 Å². The monoisotopic (exact) mass is 144 g/mol. The van der Waals surface area contributed by atoms with Gasteiger partial charge in [-0.1, -0.05) is 13.8 Å². The van der Waals surface area contributed by atoms with Gasteiger partial charge < -0.3 is 10.6 Å². The maximum atomic E-state index is 3.19. The molecule has 2 heteroatoms. The van der Waals surface area contributed by atoms with Crippen molar-refractivity contribution >= 4 is 0 Å². The van der Waals surface area contributed by atoms with E-state index in [2.05, 4.69) is 24.5 Å². The number of nitrogens with one attached hydrogen (secondary N) is 2.